The van der Waals surface area contributed by atoms with Crippen molar-refractivity contribution in [1.29, 1.82) is 0 Å². The third-order valence-corrected chi connectivity index (χ3v) is 6.75. The highest BCUT2D eigenvalue weighted by Gasteiger charge is 2.22. The molecule has 0 bridgehead atoms. The summed E-state index contributed by atoms with van der Waals surface area (Å²) in [4.78, 5) is 0. The van der Waals surface area contributed by atoms with Crippen LogP contribution in [0.5, 0.6) is 0 Å². The largest absolute Gasteiger partial charge is 0.381 e. The summed E-state index contributed by atoms with van der Waals surface area (Å²) in [5.74, 6) is 1.60. The molecule has 1 aliphatic rings. The molecule has 0 aromatic heterocycles. The molecule has 0 radical (unpaired) electrons. The molecule has 0 atom stereocenters. The number of ether oxygens (including phenoxy) is 1. The van der Waals surface area contributed by atoms with Gasteiger partial charge in [0.2, 0.25) is 0 Å². The highest BCUT2D eigenvalue weighted by atomic mass is 28.2. The van der Waals surface area contributed by atoms with Crippen molar-refractivity contribution in [2.75, 3.05) is 13.2 Å². The highest BCUT2D eigenvalue weighted by Crippen LogP contribution is 2.35. The van der Waals surface area contributed by atoms with Gasteiger partial charge in [-0.15, -0.1) is 0 Å². The summed E-state index contributed by atoms with van der Waals surface area (Å²) < 4.78 is 5.81. The molecule has 0 heterocycles. The van der Waals surface area contributed by atoms with E-state index in [-0.39, 0.29) is 9.52 Å². The maximum atomic E-state index is 5.81. The van der Waals surface area contributed by atoms with E-state index in [1.807, 2.05) is 0 Å². The van der Waals surface area contributed by atoms with Crippen LogP contribution in [-0.2, 0) is 10.8 Å². The van der Waals surface area contributed by atoms with E-state index >= 15 is 0 Å². The van der Waals surface area contributed by atoms with E-state index in [2.05, 4.69) is 38.1 Å². The van der Waals surface area contributed by atoms with Crippen molar-refractivity contribution in [3.05, 3.63) is 35.4 Å². The van der Waals surface area contributed by atoms with Crippen molar-refractivity contribution in [3.8, 4) is 0 Å². The molecule has 1 fully saturated rings. The number of benzene rings is 1. The molecule has 0 unspecified atom stereocenters. The van der Waals surface area contributed by atoms with E-state index in [4.69, 9.17) is 4.74 Å². The number of rotatable bonds is 9. The summed E-state index contributed by atoms with van der Waals surface area (Å²) >= 11 is 0. The molecular formula is C20H34OSi. The minimum absolute atomic E-state index is 0.155. The molecule has 2 heteroatoms. The van der Waals surface area contributed by atoms with Crippen LogP contribution < -0.4 is 0 Å². The van der Waals surface area contributed by atoms with Crippen LogP contribution in [0.15, 0.2) is 24.3 Å². The van der Waals surface area contributed by atoms with Crippen molar-refractivity contribution in [3.63, 3.8) is 0 Å². The van der Waals surface area contributed by atoms with Crippen LogP contribution in [0.3, 0.4) is 0 Å². The molecule has 1 saturated carbocycles. The predicted molar refractivity (Wildman–Crippen MR) is 99.6 cm³/mol. The second-order valence-electron chi connectivity index (χ2n) is 6.99. The van der Waals surface area contributed by atoms with Crippen LogP contribution in [0.2, 0.25) is 6.04 Å². The first kappa shape index (κ1) is 17.7. The van der Waals surface area contributed by atoms with E-state index in [0.29, 0.717) is 0 Å². The molecule has 1 aromatic rings. The predicted octanol–water partition coefficient (Wildman–Crippen LogP) is 4.88. The molecule has 2 rings (SSSR count). The topological polar surface area (TPSA) is 9.23 Å². The van der Waals surface area contributed by atoms with Crippen LogP contribution in [0, 0.1) is 5.92 Å². The molecule has 0 saturated heterocycles. The number of hydrogen-bond donors (Lipinski definition) is 0. The Kier molecular flexibility index (Phi) is 8.25. The molecule has 0 amide bonds. The van der Waals surface area contributed by atoms with Gasteiger partial charge in [-0.05, 0) is 55.5 Å². The molecule has 1 aromatic carbocycles. The molecule has 1 nitrogen and oxygen atoms in total. The first-order valence-electron chi connectivity index (χ1n) is 9.50. The van der Waals surface area contributed by atoms with Crippen LogP contribution in [0.25, 0.3) is 0 Å². The van der Waals surface area contributed by atoms with Crippen LogP contribution in [0.1, 0.15) is 69.4 Å². The lowest BCUT2D eigenvalue weighted by molar-refractivity contribution is 0.0808. The Hall–Kier alpha value is -0.603. The second-order valence-corrected chi connectivity index (χ2v) is 9.20. The summed E-state index contributed by atoms with van der Waals surface area (Å²) in [6, 6.07) is 12.4. The fraction of sp³-hybridized carbons (Fsp3) is 0.700. The van der Waals surface area contributed by atoms with Gasteiger partial charge in [-0.2, -0.15) is 0 Å². The van der Waals surface area contributed by atoms with Crippen LogP contribution in [0.4, 0.5) is 0 Å². The van der Waals surface area contributed by atoms with Gasteiger partial charge >= 0.3 is 0 Å². The normalized spacial score (nSPS) is 22.5. The zero-order valence-corrected chi connectivity index (χ0v) is 16.1. The Bertz CT molecular complexity index is 393. The summed E-state index contributed by atoms with van der Waals surface area (Å²) in [5, 5.41) is 0. The van der Waals surface area contributed by atoms with E-state index in [1.54, 1.807) is 11.1 Å². The van der Waals surface area contributed by atoms with E-state index in [0.717, 1.165) is 25.0 Å². The highest BCUT2D eigenvalue weighted by molar-refractivity contribution is 6.34. The van der Waals surface area contributed by atoms with Gasteiger partial charge in [0.25, 0.3) is 0 Å². The Morgan fingerprint density at radius 2 is 1.77 bits per heavy atom. The van der Waals surface area contributed by atoms with Gasteiger partial charge in [-0.1, -0.05) is 56.1 Å². The Morgan fingerprint density at radius 1 is 1.05 bits per heavy atom. The third-order valence-electron chi connectivity index (χ3n) is 5.11. The monoisotopic (exact) mass is 318 g/mol. The van der Waals surface area contributed by atoms with Crippen molar-refractivity contribution >= 4 is 9.52 Å². The minimum Gasteiger partial charge on any atom is -0.381 e. The quantitative estimate of drug-likeness (QED) is 0.465. The Labute approximate surface area is 139 Å². The number of unbranched alkanes of at least 4 members (excludes halogenated alkanes) is 1. The fourth-order valence-electron chi connectivity index (χ4n) is 3.50. The SMILES string of the molecule is CCCCOCC1CCC(c2ccc(C[SiH2]CC)cc2)CC1. The van der Waals surface area contributed by atoms with E-state index < -0.39 is 0 Å². The van der Waals surface area contributed by atoms with Crippen molar-refractivity contribution in [1.82, 2.24) is 0 Å². The van der Waals surface area contributed by atoms with Gasteiger partial charge in [0, 0.05) is 22.7 Å². The van der Waals surface area contributed by atoms with E-state index in [1.165, 1.54) is 50.6 Å². The molecule has 0 N–H and O–H groups in total. The molecule has 22 heavy (non-hydrogen) atoms. The van der Waals surface area contributed by atoms with Gasteiger partial charge in [0.1, 0.15) is 0 Å². The maximum absolute atomic E-state index is 5.81. The second kappa shape index (κ2) is 10.2. The fourth-order valence-corrected chi connectivity index (χ4v) is 4.59. The Balaban J connectivity index is 1.72. The average Bonchev–Trinajstić information content (AvgIpc) is 2.58. The molecule has 0 aliphatic heterocycles. The van der Waals surface area contributed by atoms with Crippen molar-refractivity contribution < 1.29 is 4.74 Å². The lowest BCUT2D eigenvalue weighted by Gasteiger charge is -2.28. The standard InChI is InChI=1S/C20H34OSi/c1-3-5-14-21-15-17-6-10-19(11-7-17)20-12-8-18(9-13-20)16-22-4-2/h8-9,12-13,17,19H,3-7,10-11,14-16,22H2,1-2H3. The smallest absolute Gasteiger partial charge is 0.0494 e. The first-order chi connectivity index (χ1) is 10.8. The first-order valence-corrected chi connectivity index (χ1v) is 11.5. The van der Waals surface area contributed by atoms with Crippen LogP contribution in [-0.4, -0.2) is 22.7 Å². The molecule has 1 aliphatic carbocycles. The van der Waals surface area contributed by atoms with Gasteiger partial charge in [0.05, 0.1) is 0 Å². The van der Waals surface area contributed by atoms with Crippen molar-refractivity contribution in [2.24, 2.45) is 5.92 Å². The lowest BCUT2D eigenvalue weighted by atomic mass is 9.79. The maximum Gasteiger partial charge on any atom is 0.0494 e. The minimum atomic E-state index is 0.155. The summed E-state index contributed by atoms with van der Waals surface area (Å²) in [5.41, 5.74) is 3.14. The van der Waals surface area contributed by atoms with Gasteiger partial charge < -0.3 is 4.74 Å². The summed E-state index contributed by atoms with van der Waals surface area (Å²) in [6.45, 7) is 6.50. The zero-order valence-electron chi connectivity index (χ0n) is 14.7. The van der Waals surface area contributed by atoms with Crippen LogP contribution >= 0.6 is 0 Å². The lowest BCUT2D eigenvalue weighted by Crippen LogP contribution is -2.18. The zero-order chi connectivity index (χ0) is 15.6. The third kappa shape index (κ3) is 5.89. The van der Waals surface area contributed by atoms with Gasteiger partial charge in [-0.25, -0.2) is 0 Å². The summed E-state index contributed by atoms with van der Waals surface area (Å²) in [6.07, 6.45) is 7.85. The molecule has 124 valence electrons. The number of hydrogen-bond acceptors (Lipinski definition) is 1. The average molecular weight is 319 g/mol. The van der Waals surface area contributed by atoms with Gasteiger partial charge in [-0.3, -0.25) is 0 Å². The van der Waals surface area contributed by atoms with Gasteiger partial charge in [0.15, 0.2) is 0 Å². The Morgan fingerprint density at radius 3 is 2.41 bits per heavy atom. The molecule has 0 spiro atoms. The molecular weight excluding hydrogens is 284 g/mol. The van der Waals surface area contributed by atoms with Crippen molar-refractivity contribution in [2.45, 2.75) is 70.4 Å². The van der Waals surface area contributed by atoms with E-state index in [9.17, 15) is 0 Å². The summed E-state index contributed by atoms with van der Waals surface area (Å²) in [7, 11) is 0.155.